The lowest BCUT2D eigenvalue weighted by Gasteiger charge is -2.09. The van der Waals surface area contributed by atoms with Gasteiger partial charge in [0.25, 0.3) is 0 Å². The molecule has 5 heteroatoms. The van der Waals surface area contributed by atoms with Crippen molar-refractivity contribution in [1.29, 1.82) is 5.26 Å². The molecule has 16 heavy (non-hydrogen) atoms. The number of carbonyl (C=O) groups excluding carboxylic acids is 1. The molecule has 0 saturated heterocycles. The van der Waals surface area contributed by atoms with Gasteiger partial charge in [-0.2, -0.15) is 5.26 Å². The van der Waals surface area contributed by atoms with Crippen molar-refractivity contribution in [2.75, 3.05) is 5.32 Å². The largest absolute Gasteiger partial charge is 0.324 e. The Morgan fingerprint density at radius 3 is 2.75 bits per heavy atom. The Hall–Kier alpha value is -1.24. The smallest absolute Gasteiger partial charge is 0.241 e. The molecule has 3 nitrogen and oxygen atoms in total. The third kappa shape index (κ3) is 3.13. The maximum Gasteiger partial charge on any atom is 0.241 e. The standard InChI is InChI=1S/C11H10Cl2N2O/c1-2-7(6-14)11(16)15-10-4-3-8(12)5-9(10)13/h3-5,7H,2H2,1H3,(H,15,16). The Labute approximate surface area is 104 Å². The molecule has 0 saturated carbocycles. The van der Waals surface area contributed by atoms with Gasteiger partial charge >= 0.3 is 0 Å². The summed E-state index contributed by atoms with van der Waals surface area (Å²) in [5.74, 6) is -1.01. The van der Waals surface area contributed by atoms with Crippen LogP contribution in [0.15, 0.2) is 18.2 Å². The van der Waals surface area contributed by atoms with Crippen molar-refractivity contribution < 1.29 is 4.79 Å². The topological polar surface area (TPSA) is 52.9 Å². The van der Waals surface area contributed by atoms with Crippen LogP contribution < -0.4 is 5.32 Å². The molecule has 1 aromatic carbocycles. The Bertz CT molecular complexity index is 440. The van der Waals surface area contributed by atoms with Crippen molar-refractivity contribution in [1.82, 2.24) is 0 Å². The third-order valence-electron chi connectivity index (χ3n) is 2.07. The number of hydrogen-bond donors (Lipinski definition) is 1. The van der Waals surface area contributed by atoms with Gasteiger partial charge in [-0.1, -0.05) is 30.1 Å². The van der Waals surface area contributed by atoms with Gasteiger partial charge in [-0.15, -0.1) is 0 Å². The monoisotopic (exact) mass is 256 g/mol. The molecule has 0 radical (unpaired) electrons. The summed E-state index contributed by atoms with van der Waals surface area (Å²) >= 11 is 11.6. The number of nitriles is 1. The van der Waals surface area contributed by atoms with Crippen LogP contribution in [0.5, 0.6) is 0 Å². The minimum Gasteiger partial charge on any atom is -0.324 e. The van der Waals surface area contributed by atoms with E-state index in [4.69, 9.17) is 28.5 Å². The molecule has 0 spiro atoms. The fourth-order valence-corrected chi connectivity index (χ4v) is 1.60. The number of halogens is 2. The van der Waals surface area contributed by atoms with E-state index in [2.05, 4.69) is 5.32 Å². The fraction of sp³-hybridized carbons (Fsp3) is 0.273. The number of nitrogens with one attached hydrogen (secondary N) is 1. The highest BCUT2D eigenvalue weighted by molar-refractivity contribution is 6.36. The van der Waals surface area contributed by atoms with Gasteiger partial charge in [-0.3, -0.25) is 4.79 Å². The number of carbonyl (C=O) groups is 1. The van der Waals surface area contributed by atoms with Crippen LogP contribution in [0.4, 0.5) is 5.69 Å². The molecule has 1 atom stereocenters. The van der Waals surface area contributed by atoms with Crippen molar-refractivity contribution >= 4 is 34.8 Å². The Morgan fingerprint density at radius 2 is 2.25 bits per heavy atom. The van der Waals surface area contributed by atoms with E-state index in [1.165, 1.54) is 6.07 Å². The zero-order chi connectivity index (χ0) is 12.1. The van der Waals surface area contributed by atoms with Gasteiger partial charge in [0.1, 0.15) is 5.92 Å². The molecule has 1 N–H and O–H groups in total. The first-order valence-corrected chi connectivity index (χ1v) is 5.49. The van der Waals surface area contributed by atoms with Crippen LogP contribution in [0.1, 0.15) is 13.3 Å². The molecule has 0 fully saturated rings. The van der Waals surface area contributed by atoms with Gasteiger partial charge < -0.3 is 5.32 Å². The van der Waals surface area contributed by atoms with E-state index >= 15 is 0 Å². The van der Waals surface area contributed by atoms with Crippen molar-refractivity contribution in [3.63, 3.8) is 0 Å². The van der Waals surface area contributed by atoms with Crippen molar-refractivity contribution in [2.24, 2.45) is 5.92 Å². The summed E-state index contributed by atoms with van der Waals surface area (Å²) in [6, 6.07) is 6.68. The second-order valence-corrected chi connectivity index (χ2v) is 4.05. The molecule has 84 valence electrons. The molecular formula is C11H10Cl2N2O. The minimum absolute atomic E-state index is 0.353. The normalized spacial score (nSPS) is 11.6. The molecule has 0 bridgehead atoms. The highest BCUT2D eigenvalue weighted by atomic mass is 35.5. The van der Waals surface area contributed by atoms with Gasteiger partial charge in [0.2, 0.25) is 5.91 Å². The van der Waals surface area contributed by atoms with E-state index in [1.807, 2.05) is 6.07 Å². The zero-order valence-electron chi connectivity index (χ0n) is 8.63. The summed E-state index contributed by atoms with van der Waals surface area (Å²) in [4.78, 5) is 11.6. The van der Waals surface area contributed by atoms with Gasteiger partial charge in [-0.05, 0) is 24.6 Å². The lowest BCUT2D eigenvalue weighted by atomic mass is 10.1. The molecule has 0 aromatic heterocycles. The summed E-state index contributed by atoms with van der Waals surface area (Å²) in [6.45, 7) is 1.77. The lowest BCUT2D eigenvalue weighted by molar-refractivity contribution is -0.118. The van der Waals surface area contributed by atoms with Crippen LogP contribution in [0, 0.1) is 17.2 Å². The quantitative estimate of drug-likeness (QED) is 0.901. The minimum atomic E-state index is -0.660. The number of benzene rings is 1. The SMILES string of the molecule is CCC(C#N)C(=O)Nc1ccc(Cl)cc1Cl. The van der Waals surface area contributed by atoms with Crippen LogP contribution in [0.2, 0.25) is 10.0 Å². The van der Waals surface area contributed by atoms with Gasteiger partial charge in [-0.25, -0.2) is 0 Å². The predicted octanol–water partition coefficient (Wildman–Crippen LogP) is 3.48. The van der Waals surface area contributed by atoms with Crippen molar-refractivity contribution in [3.8, 4) is 6.07 Å². The molecule has 0 heterocycles. The van der Waals surface area contributed by atoms with E-state index in [1.54, 1.807) is 19.1 Å². The van der Waals surface area contributed by atoms with E-state index in [0.29, 0.717) is 22.2 Å². The van der Waals surface area contributed by atoms with Gasteiger partial charge in [0, 0.05) is 5.02 Å². The van der Waals surface area contributed by atoms with Crippen molar-refractivity contribution in [2.45, 2.75) is 13.3 Å². The summed E-state index contributed by atoms with van der Waals surface area (Å²) in [5.41, 5.74) is 0.463. The summed E-state index contributed by atoms with van der Waals surface area (Å²) < 4.78 is 0. The highest BCUT2D eigenvalue weighted by Crippen LogP contribution is 2.25. The second kappa shape index (κ2) is 5.74. The first-order valence-electron chi connectivity index (χ1n) is 4.74. The Kier molecular flexibility index (Phi) is 4.60. The van der Waals surface area contributed by atoms with E-state index in [9.17, 15) is 4.79 Å². The molecule has 1 rings (SSSR count). The first kappa shape index (κ1) is 12.8. The molecule has 0 aliphatic carbocycles. The lowest BCUT2D eigenvalue weighted by Crippen LogP contribution is -2.21. The summed E-state index contributed by atoms with van der Waals surface area (Å²) in [6.07, 6.45) is 0.466. The number of amides is 1. The third-order valence-corrected chi connectivity index (χ3v) is 2.62. The van der Waals surface area contributed by atoms with Crippen LogP contribution >= 0.6 is 23.2 Å². The summed E-state index contributed by atoms with van der Waals surface area (Å²) in [5, 5.41) is 12.2. The summed E-state index contributed by atoms with van der Waals surface area (Å²) in [7, 11) is 0. The number of hydrogen-bond acceptors (Lipinski definition) is 2. The molecular weight excluding hydrogens is 247 g/mol. The van der Waals surface area contributed by atoms with Crippen LogP contribution in [-0.2, 0) is 4.79 Å². The number of anilines is 1. The van der Waals surface area contributed by atoms with Crippen LogP contribution in [0.25, 0.3) is 0 Å². The molecule has 1 aromatic rings. The van der Waals surface area contributed by atoms with E-state index in [0.717, 1.165) is 0 Å². The maximum absolute atomic E-state index is 11.6. The molecule has 1 amide bonds. The molecule has 0 aliphatic heterocycles. The highest BCUT2D eigenvalue weighted by Gasteiger charge is 2.16. The van der Waals surface area contributed by atoms with Crippen LogP contribution in [0.3, 0.4) is 0 Å². The zero-order valence-corrected chi connectivity index (χ0v) is 10.1. The maximum atomic E-state index is 11.6. The average Bonchev–Trinajstić information content (AvgIpc) is 2.24. The predicted molar refractivity (Wildman–Crippen MR) is 64.5 cm³/mol. The first-order chi connectivity index (χ1) is 7.58. The second-order valence-electron chi connectivity index (χ2n) is 3.20. The average molecular weight is 257 g/mol. The number of rotatable bonds is 3. The van der Waals surface area contributed by atoms with E-state index < -0.39 is 5.92 Å². The Morgan fingerprint density at radius 1 is 1.56 bits per heavy atom. The molecule has 0 aliphatic rings. The van der Waals surface area contributed by atoms with E-state index in [-0.39, 0.29) is 5.91 Å². The van der Waals surface area contributed by atoms with Crippen molar-refractivity contribution in [3.05, 3.63) is 28.2 Å². The van der Waals surface area contributed by atoms with Crippen LogP contribution in [-0.4, -0.2) is 5.91 Å². The van der Waals surface area contributed by atoms with Gasteiger partial charge in [0.05, 0.1) is 16.8 Å². The number of nitrogens with zero attached hydrogens (tertiary/aromatic N) is 1. The Balaban J connectivity index is 2.81. The fourth-order valence-electron chi connectivity index (χ4n) is 1.15. The van der Waals surface area contributed by atoms with Gasteiger partial charge in [0.15, 0.2) is 0 Å². The molecule has 1 unspecified atom stereocenters.